The molecule has 28 heavy (non-hydrogen) atoms. The summed E-state index contributed by atoms with van der Waals surface area (Å²) in [5.74, 6) is 5.06. The monoisotopic (exact) mass is 382 g/mol. The lowest BCUT2D eigenvalue weighted by Gasteiger charge is -2.52. The van der Waals surface area contributed by atoms with E-state index in [1.807, 2.05) is 19.9 Å². The molecule has 0 aromatic rings. The lowest BCUT2D eigenvalue weighted by molar-refractivity contribution is -0.115. The topological polar surface area (TPSA) is 17.1 Å². The third-order valence-corrected chi connectivity index (χ3v) is 8.26. The molecule has 0 bridgehead atoms. The molecular weight excluding hydrogens is 340 g/mol. The highest BCUT2D eigenvalue weighted by Gasteiger charge is 2.54. The fraction of sp³-hybridized carbons (Fsp3) is 0.741. The van der Waals surface area contributed by atoms with Gasteiger partial charge in [0.1, 0.15) is 0 Å². The van der Waals surface area contributed by atoms with E-state index in [1.54, 1.807) is 0 Å². The van der Waals surface area contributed by atoms with E-state index in [-0.39, 0.29) is 0 Å². The summed E-state index contributed by atoms with van der Waals surface area (Å²) >= 11 is 0. The van der Waals surface area contributed by atoms with Crippen LogP contribution in [-0.4, -0.2) is 5.78 Å². The first-order chi connectivity index (χ1) is 13.5. The van der Waals surface area contributed by atoms with Crippen LogP contribution in [0.1, 0.15) is 86.0 Å². The summed E-state index contributed by atoms with van der Waals surface area (Å²) in [6.45, 7) is 11.2. The van der Waals surface area contributed by atoms with Gasteiger partial charge in [0, 0.05) is 6.42 Å². The second-order valence-electron chi connectivity index (χ2n) is 10.1. The van der Waals surface area contributed by atoms with Gasteiger partial charge < -0.3 is 0 Å². The first-order valence-electron chi connectivity index (χ1n) is 12.1. The van der Waals surface area contributed by atoms with Crippen LogP contribution < -0.4 is 0 Å². The minimum atomic E-state index is 0.342. The summed E-state index contributed by atoms with van der Waals surface area (Å²) in [4.78, 5) is 11.8. The Morgan fingerprint density at radius 1 is 1.14 bits per heavy atom. The molecular formula is C27H42O. The summed E-state index contributed by atoms with van der Waals surface area (Å²) in [6, 6.07) is 0. The van der Waals surface area contributed by atoms with Crippen molar-refractivity contribution < 1.29 is 4.79 Å². The standard InChI is InChI=1S/C25H36O.C2H6/c1-17(2)6-4-5-7-19-9-13-24-23-11-8-18-16-20(26)10-12-21(18)22(23)14-15-25(19,24)3;1-2/h4-5,8,11,16-17,19,21-24H,6-7,9-10,12-15H2,1-3H3;1-2H3/b5-4+;/t19-,21?,22?,23?,24?,25?;/m0./s1. The molecule has 156 valence electrons. The van der Waals surface area contributed by atoms with Crippen molar-refractivity contribution in [3.05, 3.63) is 36.0 Å². The molecule has 0 N–H and O–H groups in total. The van der Waals surface area contributed by atoms with E-state index in [0.717, 1.165) is 42.4 Å². The van der Waals surface area contributed by atoms with Gasteiger partial charge in [-0.3, -0.25) is 4.79 Å². The maximum Gasteiger partial charge on any atom is 0.155 e. The van der Waals surface area contributed by atoms with Crippen LogP contribution in [0.2, 0.25) is 0 Å². The van der Waals surface area contributed by atoms with E-state index in [9.17, 15) is 4.79 Å². The molecule has 0 amide bonds. The Hall–Kier alpha value is -1.11. The zero-order chi connectivity index (χ0) is 20.3. The molecule has 0 aromatic carbocycles. The molecule has 1 heteroatoms. The molecule has 2 saturated carbocycles. The van der Waals surface area contributed by atoms with E-state index in [0.29, 0.717) is 17.1 Å². The van der Waals surface area contributed by atoms with Crippen LogP contribution in [0.5, 0.6) is 0 Å². The van der Waals surface area contributed by atoms with Gasteiger partial charge in [-0.15, -0.1) is 0 Å². The smallest absolute Gasteiger partial charge is 0.155 e. The Morgan fingerprint density at radius 2 is 1.93 bits per heavy atom. The summed E-state index contributed by atoms with van der Waals surface area (Å²) < 4.78 is 0. The number of rotatable bonds is 4. The molecule has 6 atom stereocenters. The highest BCUT2D eigenvalue weighted by molar-refractivity contribution is 5.91. The Labute approximate surface area is 173 Å². The summed E-state index contributed by atoms with van der Waals surface area (Å²) in [7, 11) is 0. The van der Waals surface area contributed by atoms with Crippen LogP contribution in [0.4, 0.5) is 0 Å². The largest absolute Gasteiger partial charge is 0.295 e. The number of hydrogen-bond acceptors (Lipinski definition) is 1. The van der Waals surface area contributed by atoms with Crippen LogP contribution in [0.25, 0.3) is 0 Å². The third-order valence-electron chi connectivity index (χ3n) is 8.26. The average Bonchev–Trinajstić information content (AvgIpc) is 3.02. The molecule has 4 aliphatic rings. The van der Waals surface area contributed by atoms with Crippen molar-refractivity contribution in [2.24, 2.45) is 40.9 Å². The van der Waals surface area contributed by atoms with Crippen LogP contribution in [-0.2, 0) is 4.79 Å². The minimum absolute atomic E-state index is 0.342. The molecule has 2 fully saturated rings. The van der Waals surface area contributed by atoms with Crippen LogP contribution in [0.3, 0.4) is 0 Å². The lowest BCUT2D eigenvalue weighted by atomic mass is 9.53. The van der Waals surface area contributed by atoms with Crippen molar-refractivity contribution in [2.75, 3.05) is 0 Å². The Kier molecular flexibility index (Phi) is 7.05. The Morgan fingerprint density at radius 3 is 2.68 bits per heavy atom. The fourth-order valence-electron chi connectivity index (χ4n) is 6.78. The van der Waals surface area contributed by atoms with Crippen LogP contribution in [0.15, 0.2) is 36.0 Å². The molecule has 4 aliphatic carbocycles. The minimum Gasteiger partial charge on any atom is -0.295 e. The normalized spacial score (nSPS) is 39.1. The molecule has 4 rings (SSSR count). The van der Waals surface area contributed by atoms with Gasteiger partial charge in [0.25, 0.3) is 0 Å². The van der Waals surface area contributed by atoms with Crippen LogP contribution >= 0.6 is 0 Å². The fourth-order valence-corrected chi connectivity index (χ4v) is 6.78. The van der Waals surface area contributed by atoms with E-state index >= 15 is 0 Å². The lowest BCUT2D eigenvalue weighted by Crippen LogP contribution is -2.44. The van der Waals surface area contributed by atoms with Gasteiger partial charge in [-0.2, -0.15) is 0 Å². The molecule has 0 aliphatic heterocycles. The Bertz CT molecular complexity index is 637. The number of carbonyl (C=O) groups is 1. The predicted molar refractivity (Wildman–Crippen MR) is 120 cm³/mol. The molecule has 0 heterocycles. The van der Waals surface area contributed by atoms with E-state index in [4.69, 9.17) is 0 Å². The Balaban J connectivity index is 0.00000109. The second-order valence-corrected chi connectivity index (χ2v) is 10.1. The highest BCUT2D eigenvalue weighted by atomic mass is 16.1. The molecule has 0 spiro atoms. The zero-order valence-electron chi connectivity index (χ0n) is 18.9. The van der Waals surface area contributed by atoms with Gasteiger partial charge in [0.2, 0.25) is 0 Å². The van der Waals surface area contributed by atoms with Gasteiger partial charge in [-0.05, 0) is 97.5 Å². The van der Waals surface area contributed by atoms with Gasteiger partial charge in [0.05, 0.1) is 0 Å². The van der Waals surface area contributed by atoms with Crippen molar-refractivity contribution in [2.45, 2.75) is 86.0 Å². The first kappa shape index (κ1) is 21.6. The molecule has 0 saturated heterocycles. The summed E-state index contributed by atoms with van der Waals surface area (Å²) in [6.07, 6.45) is 21.6. The molecule has 1 nitrogen and oxygen atoms in total. The van der Waals surface area contributed by atoms with Gasteiger partial charge in [-0.25, -0.2) is 0 Å². The SMILES string of the molecule is CC.CC(C)C/C=C/C[C@H]1CCC2C3C=CC4=CC(=O)CCC4C3CCC21C. The molecule has 0 radical (unpaired) electrons. The van der Waals surface area contributed by atoms with Gasteiger partial charge in [0.15, 0.2) is 5.78 Å². The number of carbonyl (C=O) groups excluding carboxylic acids is 1. The number of ketones is 1. The van der Waals surface area contributed by atoms with Gasteiger partial charge in [-0.1, -0.05) is 58.9 Å². The maximum atomic E-state index is 11.8. The quantitative estimate of drug-likeness (QED) is 0.459. The van der Waals surface area contributed by atoms with Crippen molar-refractivity contribution in [3.63, 3.8) is 0 Å². The zero-order valence-corrected chi connectivity index (χ0v) is 18.9. The molecule has 5 unspecified atom stereocenters. The van der Waals surface area contributed by atoms with Crippen molar-refractivity contribution >= 4 is 5.78 Å². The average molecular weight is 383 g/mol. The summed E-state index contributed by atoms with van der Waals surface area (Å²) in [5, 5.41) is 0. The highest BCUT2D eigenvalue weighted by Crippen LogP contribution is 2.63. The van der Waals surface area contributed by atoms with Gasteiger partial charge >= 0.3 is 0 Å². The first-order valence-corrected chi connectivity index (χ1v) is 12.1. The molecule has 0 aromatic heterocycles. The van der Waals surface area contributed by atoms with E-state index in [1.165, 1.54) is 44.1 Å². The maximum absolute atomic E-state index is 11.8. The number of fused-ring (bicyclic) bond motifs is 5. The number of allylic oxidation sites excluding steroid dienone is 6. The summed E-state index contributed by atoms with van der Waals surface area (Å²) in [5.41, 5.74) is 1.87. The predicted octanol–water partition coefficient (Wildman–Crippen LogP) is 7.54. The third kappa shape index (κ3) is 4.10. The van der Waals surface area contributed by atoms with Crippen LogP contribution in [0, 0.1) is 40.9 Å². The van der Waals surface area contributed by atoms with Crippen molar-refractivity contribution in [1.29, 1.82) is 0 Å². The number of hydrogen-bond donors (Lipinski definition) is 0. The second kappa shape index (κ2) is 9.14. The van der Waals surface area contributed by atoms with Crippen molar-refractivity contribution in [3.8, 4) is 0 Å². The van der Waals surface area contributed by atoms with Crippen molar-refractivity contribution in [1.82, 2.24) is 0 Å². The van der Waals surface area contributed by atoms with E-state index in [2.05, 4.69) is 45.1 Å². The van der Waals surface area contributed by atoms with E-state index < -0.39 is 0 Å².